The fourth-order valence-corrected chi connectivity index (χ4v) is 2.43. The van der Waals surface area contributed by atoms with Crippen LogP contribution in [0.1, 0.15) is 34.0 Å². The van der Waals surface area contributed by atoms with E-state index in [-0.39, 0.29) is 11.9 Å². The van der Waals surface area contributed by atoms with Crippen molar-refractivity contribution in [1.82, 2.24) is 10.3 Å². The minimum Gasteiger partial charge on any atom is -0.497 e. The molecule has 0 spiro atoms. The van der Waals surface area contributed by atoms with Crippen LogP contribution in [-0.4, -0.2) is 18.0 Å². The Morgan fingerprint density at radius 3 is 3.00 bits per heavy atom. The first-order chi connectivity index (χ1) is 9.63. The number of aromatic nitrogens is 1. The summed E-state index contributed by atoms with van der Waals surface area (Å²) < 4.78 is 5.18. The number of nitrogens with two attached hydrogens (primary N) is 1. The monoisotopic (exact) mass is 291 g/mol. The highest BCUT2D eigenvalue weighted by atomic mass is 32.1. The number of rotatable bonds is 5. The van der Waals surface area contributed by atoms with Gasteiger partial charge in [0.15, 0.2) is 0 Å². The lowest BCUT2D eigenvalue weighted by atomic mass is 10.1. The molecule has 5 nitrogen and oxygen atoms in total. The molecule has 2 aromatic rings. The fraction of sp³-hybridized carbons (Fsp3) is 0.286. The molecule has 20 heavy (non-hydrogen) atoms. The van der Waals surface area contributed by atoms with Crippen molar-refractivity contribution < 1.29 is 9.53 Å². The first-order valence-electron chi connectivity index (χ1n) is 6.23. The van der Waals surface area contributed by atoms with E-state index in [1.807, 2.05) is 31.2 Å². The Balaban J connectivity index is 2.06. The molecular formula is C14H17N3O2S. The summed E-state index contributed by atoms with van der Waals surface area (Å²) in [4.78, 5) is 16.2. The largest absolute Gasteiger partial charge is 0.497 e. The molecule has 2 rings (SSSR count). The quantitative estimate of drug-likeness (QED) is 0.884. The molecule has 0 bridgehead atoms. The molecule has 0 saturated heterocycles. The number of nitrogens with one attached hydrogen (secondary N) is 1. The Morgan fingerprint density at radius 2 is 2.35 bits per heavy atom. The third kappa shape index (κ3) is 3.34. The molecule has 3 N–H and O–H groups in total. The van der Waals surface area contributed by atoms with Crippen LogP contribution in [0.25, 0.3) is 0 Å². The van der Waals surface area contributed by atoms with E-state index in [1.54, 1.807) is 12.5 Å². The number of methoxy groups -OCH3 is 1. The molecule has 1 atom stereocenters. The van der Waals surface area contributed by atoms with E-state index in [0.717, 1.165) is 16.3 Å². The van der Waals surface area contributed by atoms with E-state index in [0.29, 0.717) is 12.2 Å². The zero-order valence-corrected chi connectivity index (χ0v) is 12.2. The molecular weight excluding hydrogens is 274 g/mol. The molecule has 1 aromatic carbocycles. The zero-order chi connectivity index (χ0) is 14.5. The predicted molar refractivity (Wildman–Crippen MR) is 78.9 cm³/mol. The summed E-state index contributed by atoms with van der Waals surface area (Å²) in [5.41, 5.74) is 6.88. The Bertz CT molecular complexity index is 598. The number of amides is 1. The fourth-order valence-electron chi connectivity index (χ4n) is 1.77. The van der Waals surface area contributed by atoms with Gasteiger partial charge in [0.25, 0.3) is 5.91 Å². The van der Waals surface area contributed by atoms with Gasteiger partial charge < -0.3 is 15.8 Å². The van der Waals surface area contributed by atoms with E-state index in [4.69, 9.17) is 10.5 Å². The predicted octanol–water partition coefficient (Wildman–Crippen LogP) is 2.10. The minimum atomic E-state index is -0.198. The number of carbonyl (C=O) groups is 1. The van der Waals surface area contributed by atoms with Crippen LogP contribution in [0, 0.1) is 0 Å². The second-order valence-electron chi connectivity index (χ2n) is 4.30. The highest BCUT2D eigenvalue weighted by Gasteiger charge is 2.14. The van der Waals surface area contributed by atoms with Crippen LogP contribution in [0.5, 0.6) is 5.75 Å². The van der Waals surface area contributed by atoms with Gasteiger partial charge in [-0.3, -0.25) is 4.79 Å². The SMILES string of the molecule is COc1cccc([C@@H](C)NC(=O)c2csc(CN)n2)c1. The first kappa shape index (κ1) is 14.5. The molecule has 0 aliphatic heterocycles. The Kier molecular flexibility index (Phi) is 4.70. The standard InChI is InChI=1S/C14H17N3O2S/c1-9(10-4-3-5-11(6-10)19-2)16-14(18)12-8-20-13(7-15)17-12/h3-6,8-9H,7,15H2,1-2H3,(H,16,18)/t9-/m1/s1. The van der Waals surface area contributed by atoms with Crippen molar-refractivity contribution in [3.8, 4) is 5.75 Å². The van der Waals surface area contributed by atoms with Gasteiger partial charge in [-0.25, -0.2) is 4.98 Å². The van der Waals surface area contributed by atoms with E-state index >= 15 is 0 Å². The Labute approximate surface area is 121 Å². The van der Waals surface area contributed by atoms with Crippen LogP contribution >= 0.6 is 11.3 Å². The number of hydrogen-bond donors (Lipinski definition) is 2. The minimum absolute atomic E-state index is 0.124. The highest BCUT2D eigenvalue weighted by molar-refractivity contribution is 7.09. The van der Waals surface area contributed by atoms with Crippen LogP contribution in [0.15, 0.2) is 29.6 Å². The molecule has 1 heterocycles. The lowest BCUT2D eigenvalue weighted by Gasteiger charge is -2.14. The summed E-state index contributed by atoms with van der Waals surface area (Å²) in [6, 6.07) is 7.48. The molecule has 0 unspecified atom stereocenters. The van der Waals surface area contributed by atoms with Crippen LogP contribution in [0.4, 0.5) is 0 Å². The van der Waals surface area contributed by atoms with Gasteiger partial charge >= 0.3 is 0 Å². The Morgan fingerprint density at radius 1 is 1.55 bits per heavy atom. The zero-order valence-electron chi connectivity index (χ0n) is 11.4. The Hall–Kier alpha value is -1.92. The van der Waals surface area contributed by atoms with Crippen LogP contribution in [0.3, 0.4) is 0 Å². The third-order valence-corrected chi connectivity index (χ3v) is 3.77. The molecule has 0 saturated carbocycles. The van der Waals surface area contributed by atoms with Gasteiger partial charge in [0, 0.05) is 11.9 Å². The topological polar surface area (TPSA) is 77.2 Å². The number of benzene rings is 1. The van der Waals surface area contributed by atoms with E-state index < -0.39 is 0 Å². The number of hydrogen-bond acceptors (Lipinski definition) is 5. The summed E-state index contributed by atoms with van der Waals surface area (Å²) >= 11 is 1.39. The van der Waals surface area contributed by atoms with Crippen LogP contribution in [-0.2, 0) is 6.54 Å². The normalized spacial score (nSPS) is 11.9. The smallest absolute Gasteiger partial charge is 0.271 e. The van der Waals surface area contributed by atoms with Crippen molar-refractivity contribution in [1.29, 1.82) is 0 Å². The summed E-state index contributed by atoms with van der Waals surface area (Å²) in [5.74, 6) is 0.568. The highest BCUT2D eigenvalue weighted by Crippen LogP contribution is 2.19. The van der Waals surface area contributed by atoms with E-state index in [1.165, 1.54) is 11.3 Å². The maximum atomic E-state index is 12.1. The molecule has 0 radical (unpaired) electrons. The molecule has 0 aliphatic rings. The summed E-state index contributed by atoms with van der Waals surface area (Å²) in [5, 5.41) is 5.38. The van der Waals surface area contributed by atoms with Gasteiger partial charge in [-0.1, -0.05) is 12.1 Å². The van der Waals surface area contributed by atoms with Crippen molar-refractivity contribution >= 4 is 17.2 Å². The number of carbonyl (C=O) groups excluding carboxylic acids is 1. The second kappa shape index (κ2) is 6.49. The maximum absolute atomic E-state index is 12.1. The van der Waals surface area contributed by atoms with E-state index in [2.05, 4.69) is 10.3 Å². The summed E-state index contributed by atoms with van der Waals surface area (Å²) in [6.45, 7) is 2.27. The summed E-state index contributed by atoms with van der Waals surface area (Å²) in [7, 11) is 1.62. The van der Waals surface area contributed by atoms with E-state index in [9.17, 15) is 4.79 Å². The third-order valence-electron chi connectivity index (χ3n) is 2.90. The number of ether oxygens (including phenoxy) is 1. The number of nitrogens with zero attached hydrogens (tertiary/aromatic N) is 1. The van der Waals surface area contributed by atoms with Crippen LogP contribution < -0.4 is 15.8 Å². The summed E-state index contributed by atoms with van der Waals surface area (Å²) in [6.07, 6.45) is 0. The lowest BCUT2D eigenvalue weighted by Crippen LogP contribution is -2.27. The average Bonchev–Trinajstić information content (AvgIpc) is 2.96. The van der Waals surface area contributed by atoms with Crippen molar-refractivity contribution in [2.24, 2.45) is 5.73 Å². The maximum Gasteiger partial charge on any atom is 0.271 e. The first-order valence-corrected chi connectivity index (χ1v) is 7.11. The van der Waals surface area contributed by atoms with Crippen molar-refractivity contribution in [2.75, 3.05) is 7.11 Å². The second-order valence-corrected chi connectivity index (χ2v) is 5.25. The van der Waals surface area contributed by atoms with Crippen molar-refractivity contribution in [2.45, 2.75) is 19.5 Å². The molecule has 0 aliphatic carbocycles. The molecule has 106 valence electrons. The molecule has 0 fully saturated rings. The van der Waals surface area contributed by atoms with Gasteiger partial charge in [0.2, 0.25) is 0 Å². The van der Waals surface area contributed by atoms with Crippen molar-refractivity contribution in [3.05, 3.63) is 45.9 Å². The van der Waals surface area contributed by atoms with Gasteiger partial charge in [0.05, 0.1) is 13.2 Å². The molecule has 1 amide bonds. The van der Waals surface area contributed by atoms with Gasteiger partial charge in [-0.2, -0.15) is 0 Å². The van der Waals surface area contributed by atoms with Gasteiger partial charge in [0.1, 0.15) is 16.5 Å². The van der Waals surface area contributed by atoms with Gasteiger partial charge in [-0.05, 0) is 24.6 Å². The van der Waals surface area contributed by atoms with Gasteiger partial charge in [-0.15, -0.1) is 11.3 Å². The number of thiazole rings is 1. The van der Waals surface area contributed by atoms with Crippen LogP contribution in [0.2, 0.25) is 0 Å². The molecule has 1 aromatic heterocycles. The molecule has 6 heteroatoms. The van der Waals surface area contributed by atoms with Crippen molar-refractivity contribution in [3.63, 3.8) is 0 Å². The average molecular weight is 291 g/mol. The lowest BCUT2D eigenvalue weighted by molar-refractivity contribution is 0.0935.